The van der Waals surface area contributed by atoms with Crippen LogP contribution in [-0.2, 0) is 4.79 Å². The molecule has 1 aromatic heterocycles. The van der Waals surface area contributed by atoms with Gasteiger partial charge in [0.2, 0.25) is 6.41 Å². The largest absolute Gasteiger partial charge is 0.434 e. The van der Waals surface area contributed by atoms with Crippen LogP contribution in [-0.4, -0.2) is 28.8 Å². The number of benzene rings is 1. The molecule has 0 atom stereocenters. The van der Waals surface area contributed by atoms with Crippen molar-refractivity contribution in [3.63, 3.8) is 0 Å². The number of nitrogens with zero attached hydrogens (tertiary/aromatic N) is 3. The molecule has 1 aromatic carbocycles. The summed E-state index contributed by atoms with van der Waals surface area (Å²) in [6.45, 7) is -3.07. The van der Waals surface area contributed by atoms with Gasteiger partial charge in [-0.2, -0.15) is 13.8 Å². The predicted octanol–water partition coefficient (Wildman–Crippen LogP) is 0.991. The first-order chi connectivity index (χ1) is 10.5. The maximum absolute atomic E-state index is 12.5. The number of ether oxygens (including phenoxy) is 1. The Balaban J connectivity index is 2.66. The van der Waals surface area contributed by atoms with Crippen molar-refractivity contribution < 1.29 is 18.3 Å². The molecular formula is C13H10F2N4O3. The van der Waals surface area contributed by atoms with Gasteiger partial charge in [-0.15, -0.1) is 0 Å². The van der Waals surface area contributed by atoms with E-state index in [0.29, 0.717) is 0 Å². The van der Waals surface area contributed by atoms with Crippen molar-refractivity contribution in [2.24, 2.45) is 4.99 Å². The Morgan fingerprint density at radius 1 is 1.36 bits per heavy atom. The molecule has 0 unspecified atom stereocenters. The molecule has 2 rings (SSSR count). The van der Waals surface area contributed by atoms with E-state index in [0.717, 1.165) is 10.8 Å². The number of nitrogens with two attached hydrogens (primary N) is 1. The topological polar surface area (TPSA) is 99.6 Å². The number of aromatic nitrogens is 2. The highest BCUT2D eigenvalue weighted by atomic mass is 19.3. The van der Waals surface area contributed by atoms with E-state index < -0.39 is 12.3 Å². The van der Waals surface area contributed by atoms with E-state index in [1.165, 1.54) is 30.5 Å². The molecule has 0 aliphatic heterocycles. The zero-order valence-corrected chi connectivity index (χ0v) is 11.0. The monoisotopic (exact) mass is 308 g/mol. The predicted molar refractivity (Wildman–Crippen MR) is 74.5 cm³/mol. The third kappa shape index (κ3) is 3.32. The summed E-state index contributed by atoms with van der Waals surface area (Å²) in [5.41, 5.74) is 4.88. The standard InChI is InChI=1S/C13H10F2N4O3/c14-12(15)22-10-3-1-2-9(8(10)6-17-7-20)19-5-4-11(16)18-13(19)21/h1-7,12H,(H2,16,18,21). The number of nitrogen functional groups attached to an aromatic ring is 1. The summed E-state index contributed by atoms with van der Waals surface area (Å²) in [6.07, 6.45) is 2.57. The smallest absolute Gasteiger partial charge is 0.387 e. The summed E-state index contributed by atoms with van der Waals surface area (Å²) in [5.74, 6) is -0.217. The van der Waals surface area contributed by atoms with Gasteiger partial charge < -0.3 is 10.5 Å². The zero-order valence-electron chi connectivity index (χ0n) is 11.0. The number of alkyl halides is 2. The molecule has 0 fully saturated rings. The van der Waals surface area contributed by atoms with Gasteiger partial charge in [0.25, 0.3) is 0 Å². The first-order valence-electron chi connectivity index (χ1n) is 5.93. The fourth-order valence-corrected chi connectivity index (χ4v) is 1.78. The Bertz CT molecular complexity index is 774. The van der Waals surface area contributed by atoms with Gasteiger partial charge in [0.05, 0.1) is 11.3 Å². The lowest BCUT2D eigenvalue weighted by atomic mass is 10.1. The second-order valence-electron chi connectivity index (χ2n) is 3.96. The number of carbonyl (C=O) groups excluding carboxylic acids is 1. The Morgan fingerprint density at radius 3 is 2.77 bits per heavy atom. The molecule has 1 amide bonds. The average molecular weight is 308 g/mol. The van der Waals surface area contributed by atoms with E-state index in [-0.39, 0.29) is 29.2 Å². The average Bonchev–Trinajstić information content (AvgIpc) is 2.45. The molecule has 22 heavy (non-hydrogen) atoms. The third-order valence-corrected chi connectivity index (χ3v) is 2.61. The van der Waals surface area contributed by atoms with E-state index in [1.54, 1.807) is 0 Å². The van der Waals surface area contributed by atoms with Gasteiger partial charge in [0.1, 0.15) is 11.6 Å². The number of rotatable bonds is 5. The van der Waals surface area contributed by atoms with Crippen LogP contribution in [0.15, 0.2) is 40.2 Å². The highest BCUT2D eigenvalue weighted by Crippen LogP contribution is 2.24. The van der Waals surface area contributed by atoms with Crippen LogP contribution in [0.4, 0.5) is 14.6 Å². The van der Waals surface area contributed by atoms with E-state index >= 15 is 0 Å². The van der Waals surface area contributed by atoms with Gasteiger partial charge in [-0.1, -0.05) is 6.07 Å². The summed E-state index contributed by atoms with van der Waals surface area (Å²) >= 11 is 0. The Hall–Kier alpha value is -3.10. The van der Waals surface area contributed by atoms with Crippen LogP contribution in [0.1, 0.15) is 5.56 Å². The van der Waals surface area contributed by atoms with Gasteiger partial charge >= 0.3 is 12.3 Å². The van der Waals surface area contributed by atoms with Crippen LogP contribution < -0.4 is 16.2 Å². The number of carbonyl (C=O) groups is 1. The summed E-state index contributed by atoms with van der Waals surface area (Å²) in [6, 6.07) is 5.50. The molecule has 0 spiro atoms. The van der Waals surface area contributed by atoms with Crippen LogP contribution >= 0.6 is 0 Å². The second kappa shape index (κ2) is 6.57. The molecule has 0 saturated heterocycles. The molecule has 9 heteroatoms. The van der Waals surface area contributed by atoms with Gasteiger partial charge in [-0.05, 0) is 18.2 Å². The summed E-state index contributed by atoms with van der Waals surface area (Å²) in [4.78, 5) is 29.2. The van der Waals surface area contributed by atoms with Crippen molar-refractivity contribution in [1.29, 1.82) is 0 Å². The van der Waals surface area contributed by atoms with Crippen LogP contribution in [0.2, 0.25) is 0 Å². The van der Waals surface area contributed by atoms with E-state index in [2.05, 4.69) is 14.7 Å². The Kier molecular flexibility index (Phi) is 4.57. The molecule has 7 nitrogen and oxygen atoms in total. The maximum Gasteiger partial charge on any atom is 0.387 e. The van der Waals surface area contributed by atoms with Gasteiger partial charge in [0, 0.05) is 12.4 Å². The molecular weight excluding hydrogens is 298 g/mol. The minimum Gasteiger partial charge on any atom is -0.434 e. The fraction of sp³-hybridized carbons (Fsp3) is 0.0769. The van der Waals surface area contributed by atoms with Crippen molar-refractivity contribution in [3.05, 3.63) is 46.5 Å². The lowest BCUT2D eigenvalue weighted by Gasteiger charge is -2.13. The highest BCUT2D eigenvalue weighted by Gasteiger charge is 2.14. The van der Waals surface area contributed by atoms with Gasteiger partial charge in [-0.3, -0.25) is 9.36 Å². The number of hydrogen-bond donors (Lipinski definition) is 1. The molecule has 0 radical (unpaired) electrons. The van der Waals surface area contributed by atoms with Crippen molar-refractivity contribution in [2.75, 3.05) is 5.73 Å². The highest BCUT2D eigenvalue weighted by molar-refractivity contribution is 5.92. The minimum absolute atomic E-state index is 0.0179. The van der Waals surface area contributed by atoms with Crippen molar-refractivity contribution in [2.45, 2.75) is 6.61 Å². The van der Waals surface area contributed by atoms with E-state index in [4.69, 9.17) is 5.73 Å². The summed E-state index contributed by atoms with van der Waals surface area (Å²) < 4.78 is 30.3. The van der Waals surface area contributed by atoms with E-state index in [9.17, 15) is 18.4 Å². The molecule has 0 aliphatic rings. The Labute approximate surface area is 122 Å². The van der Waals surface area contributed by atoms with Crippen molar-refractivity contribution in [1.82, 2.24) is 9.55 Å². The first kappa shape index (κ1) is 15.3. The fourth-order valence-electron chi connectivity index (χ4n) is 1.78. The number of amides is 1. The minimum atomic E-state index is -3.07. The van der Waals surface area contributed by atoms with Crippen molar-refractivity contribution >= 4 is 18.4 Å². The molecule has 0 bridgehead atoms. The van der Waals surface area contributed by atoms with Crippen LogP contribution in [0.5, 0.6) is 5.75 Å². The summed E-state index contributed by atoms with van der Waals surface area (Å²) in [5, 5.41) is 0. The molecule has 2 aromatic rings. The lowest BCUT2D eigenvalue weighted by molar-refractivity contribution is -0.106. The number of aliphatic imine (C=N–C) groups is 1. The summed E-state index contributed by atoms with van der Waals surface area (Å²) in [7, 11) is 0. The molecule has 1 heterocycles. The van der Waals surface area contributed by atoms with Crippen LogP contribution in [0.3, 0.4) is 0 Å². The number of halogens is 2. The van der Waals surface area contributed by atoms with E-state index in [1.807, 2.05) is 0 Å². The SMILES string of the molecule is Nc1ccn(-c2cccc(OC(F)F)c2C=NC=O)c(=O)n1. The Morgan fingerprint density at radius 2 is 2.14 bits per heavy atom. The van der Waals surface area contributed by atoms with Gasteiger partial charge in [-0.25, -0.2) is 9.79 Å². The molecule has 0 aliphatic carbocycles. The van der Waals surface area contributed by atoms with Crippen molar-refractivity contribution in [3.8, 4) is 11.4 Å². The maximum atomic E-state index is 12.5. The number of hydrogen-bond acceptors (Lipinski definition) is 5. The zero-order chi connectivity index (χ0) is 16.1. The number of anilines is 1. The van der Waals surface area contributed by atoms with Crippen LogP contribution in [0, 0.1) is 0 Å². The second-order valence-corrected chi connectivity index (χ2v) is 3.96. The molecule has 114 valence electrons. The molecule has 2 N–H and O–H groups in total. The lowest BCUT2D eigenvalue weighted by Crippen LogP contribution is -2.23. The quantitative estimate of drug-likeness (QED) is 0.656. The third-order valence-electron chi connectivity index (χ3n) is 2.61. The van der Waals surface area contributed by atoms with Crippen LogP contribution in [0.25, 0.3) is 5.69 Å². The molecule has 0 saturated carbocycles. The first-order valence-corrected chi connectivity index (χ1v) is 5.93. The normalized spacial score (nSPS) is 11.0. The van der Waals surface area contributed by atoms with Gasteiger partial charge in [0.15, 0.2) is 0 Å².